The maximum Gasteiger partial charge on any atom is 0.417 e. The second kappa shape index (κ2) is 6.15. The van der Waals surface area contributed by atoms with Crippen molar-refractivity contribution in [3.63, 3.8) is 0 Å². The smallest absolute Gasteiger partial charge is 0.369 e. The summed E-state index contributed by atoms with van der Waals surface area (Å²) in [4.78, 5) is 5.46. The molecule has 1 heterocycles. The van der Waals surface area contributed by atoms with E-state index in [0.717, 1.165) is 12.1 Å². The molecule has 27 heavy (non-hydrogen) atoms. The van der Waals surface area contributed by atoms with Crippen LogP contribution in [-0.4, -0.2) is 17.9 Å². The fourth-order valence-corrected chi connectivity index (χ4v) is 2.94. The van der Waals surface area contributed by atoms with Crippen LogP contribution in [0.2, 0.25) is 0 Å². The van der Waals surface area contributed by atoms with Gasteiger partial charge in [-0.25, -0.2) is 4.99 Å². The number of hydrogen-bond acceptors (Lipinski definition) is 4. The Morgan fingerprint density at radius 3 is 2.04 bits per heavy atom. The number of benzene rings is 2. The van der Waals surface area contributed by atoms with Crippen LogP contribution in [0.4, 0.5) is 32.0 Å². The van der Waals surface area contributed by atoms with E-state index >= 15 is 0 Å². The van der Waals surface area contributed by atoms with E-state index in [1.54, 1.807) is 7.05 Å². The molecule has 0 aliphatic carbocycles. The molecule has 10 heteroatoms. The Morgan fingerprint density at radius 2 is 1.52 bits per heavy atom. The minimum Gasteiger partial charge on any atom is -0.369 e. The molecule has 2 aromatic carbocycles. The summed E-state index contributed by atoms with van der Waals surface area (Å²) in [7, 11) is 1.57. The van der Waals surface area contributed by atoms with E-state index in [0.29, 0.717) is 17.7 Å². The van der Waals surface area contributed by atoms with E-state index in [4.69, 9.17) is 11.5 Å². The molecule has 144 valence electrons. The van der Waals surface area contributed by atoms with Gasteiger partial charge in [-0.3, -0.25) is 0 Å². The van der Waals surface area contributed by atoms with Gasteiger partial charge >= 0.3 is 12.4 Å². The SMILES string of the molecule is CN1C(N)=Nc2cc(-c3c(C(F)(F)F)cccc3C(F)(F)F)ccc2C1N. The van der Waals surface area contributed by atoms with Crippen LogP contribution in [0.15, 0.2) is 41.4 Å². The highest BCUT2D eigenvalue weighted by atomic mass is 19.4. The Morgan fingerprint density at radius 1 is 0.963 bits per heavy atom. The van der Waals surface area contributed by atoms with Crippen LogP contribution in [0.1, 0.15) is 22.9 Å². The molecule has 4 nitrogen and oxygen atoms in total. The molecule has 0 saturated carbocycles. The maximum atomic E-state index is 13.4. The Balaban J connectivity index is 2.29. The summed E-state index contributed by atoms with van der Waals surface area (Å²) in [6.07, 6.45) is -10.6. The topological polar surface area (TPSA) is 67.6 Å². The lowest BCUT2D eigenvalue weighted by atomic mass is 9.92. The first-order valence-electron chi connectivity index (χ1n) is 7.65. The second-order valence-corrected chi connectivity index (χ2v) is 6.02. The van der Waals surface area contributed by atoms with E-state index < -0.39 is 35.2 Å². The quantitative estimate of drug-likeness (QED) is 0.718. The van der Waals surface area contributed by atoms with Crippen molar-refractivity contribution in [1.82, 2.24) is 4.90 Å². The van der Waals surface area contributed by atoms with Crippen LogP contribution < -0.4 is 11.5 Å². The Bertz CT molecular complexity index is 884. The fourth-order valence-electron chi connectivity index (χ4n) is 2.94. The van der Waals surface area contributed by atoms with Gasteiger partial charge in [0, 0.05) is 18.2 Å². The second-order valence-electron chi connectivity index (χ2n) is 6.02. The van der Waals surface area contributed by atoms with Crippen LogP contribution in [0.3, 0.4) is 0 Å². The highest BCUT2D eigenvalue weighted by molar-refractivity contribution is 5.86. The van der Waals surface area contributed by atoms with Crippen molar-refractivity contribution in [2.24, 2.45) is 16.5 Å². The molecule has 0 amide bonds. The zero-order valence-corrected chi connectivity index (χ0v) is 13.9. The average molecular weight is 388 g/mol. The van der Waals surface area contributed by atoms with E-state index in [2.05, 4.69) is 4.99 Å². The number of nitrogens with two attached hydrogens (primary N) is 2. The minimum atomic E-state index is -4.97. The molecule has 4 N–H and O–H groups in total. The first-order chi connectivity index (χ1) is 12.4. The lowest BCUT2D eigenvalue weighted by Gasteiger charge is -2.31. The van der Waals surface area contributed by atoms with Gasteiger partial charge in [-0.1, -0.05) is 18.2 Å². The highest BCUT2D eigenvalue weighted by Gasteiger charge is 2.41. The van der Waals surface area contributed by atoms with Crippen LogP contribution in [-0.2, 0) is 12.4 Å². The predicted octanol–water partition coefficient (Wildman–Crippen LogP) is 4.24. The lowest BCUT2D eigenvalue weighted by molar-refractivity contribution is -0.142. The fraction of sp³-hybridized carbons (Fsp3) is 0.235. The number of aliphatic imine (C=N–C) groups is 1. The summed E-state index contributed by atoms with van der Waals surface area (Å²) in [5.74, 6) is 0.00676. The average Bonchev–Trinajstić information content (AvgIpc) is 2.57. The Kier molecular flexibility index (Phi) is 4.34. The predicted molar refractivity (Wildman–Crippen MR) is 87.9 cm³/mol. The van der Waals surface area contributed by atoms with Crippen molar-refractivity contribution in [2.45, 2.75) is 18.5 Å². The van der Waals surface area contributed by atoms with Crippen molar-refractivity contribution < 1.29 is 26.3 Å². The largest absolute Gasteiger partial charge is 0.417 e. The summed E-state index contributed by atoms with van der Waals surface area (Å²) >= 11 is 0. The third-order valence-electron chi connectivity index (χ3n) is 4.33. The van der Waals surface area contributed by atoms with Gasteiger partial charge in [-0.2, -0.15) is 26.3 Å². The molecule has 0 radical (unpaired) electrons. The Labute approximate surface area is 150 Å². The molecule has 1 unspecified atom stereocenters. The molecule has 0 fully saturated rings. The van der Waals surface area contributed by atoms with Gasteiger partial charge in [0.15, 0.2) is 5.96 Å². The molecule has 1 aliphatic heterocycles. The van der Waals surface area contributed by atoms with Gasteiger partial charge < -0.3 is 16.4 Å². The number of hydrogen-bond donors (Lipinski definition) is 2. The van der Waals surface area contributed by atoms with Crippen LogP contribution >= 0.6 is 0 Å². The zero-order chi connectivity index (χ0) is 20.1. The Hall–Kier alpha value is -2.75. The van der Waals surface area contributed by atoms with Gasteiger partial charge in [-0.15, -0.1) is 0 Å². The summed E-state index contributed by atoms with van der Waals surface area (Å²) < 4.78 is 80.3. The molecule has 0 bridgehead atoms. The van der Waals surface area contributed by atoms with Gasteiger partial charge in [0.1, 0.15) is 6.17 Å². The molecule has 3 rings (SSSR count). The summed E-state index contributed by atoms with van der Waals surface area (Å²) in [6.45, 7) is 0. The van der Waals surface area contributed by atoms with Gasteiger partial charge in [0.25, 0.3) is 0 Å². The van der Waals surface area contributed by atoms with Crippen molar-refractivity contribution in [1.29, 1.82) is 0 Å². The lowest BCUT2D eigenvalue weighted by Crippen LogP contribution is -2.42. The molecule has 2 aromatic rings. The van der Waals surface area contributed by atoms with Crippen LogP contribution in [0, 0.1) is 0 Å². The van der Waals surface area contributed by atoms with Crippen molar-refractivity contribution in [3.05, 3.63) is 53.1 Å². The molecular weight excluding hydrogens is 374 g/mol. The van der Waals surface area contributed by atoms with Crippen LogP contribution in [0.25, 0.3) is 11.1 Å². The maximum absolute atomic E-state index is 13.4. The van der Waals surface area contributed by atoms with Gasteiger partial charge in [-0.05, 0) is 23.8 Å². The van der Waals surface area contributed by atoms with E-state index in [1.165, 1.54) is 17.0 Å². The first kappa shape index (κ1) is 19.0. The molecule has 0 saturated heterocycles. The number of alkyl halides is 6. The molecular formula is C17H14F6N4. The number of halogens is 6. The molecule has 1 aliphatic rings. The van der Waals surface area contributed by atoms with E-state index in [1.807, 2.05) is 0 Å². The summed E-state index contributed by atoms with van der Waals surface area (Å²) in [6, 6.07) is 5.62. The van der Waals surface area contributed by atoms with Crippen LogP contribution in [0.5, 0.6) is 0 Å². The summed E-state index contributed by atoms with van der Waals surface area (Å²) in [5, 5.41) is 0. The number of guanidine groups is 1. The third-order valence-corrected chi connectivity index (χ3v) is 4.33. The van der Waals surface area contributed by atoms with Crippen molar-refractivity contribution in [2.75, 3.05) is 7.05 Å². The number of rotatable bonds is 1. The van der Waals surface area contributed by atoms with E-state index in [-0.39, 0.29) is 17.2 Å². The van der Waals surface area contributed by atoms with Gasteiger partial charge in [0.05, 0.1) is 16.8 Å². The van der Waals surface area contributed by atoms with Gasteiger partial charge in [0.2, 0.25) is 0 Å². The summed E-state index contributed by atoms with van der Waals surface area (Å²) in [5.41, 5.74) is 8.24. The zero-order valence-electron chi connectivity index (χ0n) is 13.9. The minimum absolute atomic E-state index is 0.00676. The van der Waals surface area contributed by atoms with E-state index in [9.17, 15) is 26.3 Å². The normalized spacial score (nSPS) is 17.6. The van der Waals surface area contributed by atoms with Crippen molar-refractivity contribution in [3.8, 4) is 11.1 Å². The standard InChI is InChI=1S/C17H14F6N4/c1-27-14(24)9-6-5-8(7-12(9)26-15(27)25)13-10(16(18,19)20)3-2-4-11(13)17(21,22)23/h2-7,14H,24H2,1H3,(H2,25,26). The number of nitrogens with zero attached hydrogens (tertiary/aromatic N) is 2. The first-order valence-corrected chi connectivity index (χ1v) is 7.65. The third kappa shape index (κ3) is 3.32. The number of fused-ring (bicyclic) bond motifs is 1. The molecule has 0 spiro atoms. The molecule has 0 aromatic heterocycles. The molecule has 1 atom stereocenters. The monoisotopic (exact) mass is 388 g/mol. The van der Waals surface area contributed by atoms with Crippen molar-refractivity contribution >= 4 is 11.6 Å². The highest BCUT2D eigenvalue weighted by Crippen LogP contribution is 2.45.